The van der Waals surface area contributed by atoms with Gasteiger partial charge in [0.25, 0.3) is 0 Å². The number of rotatable bonds is 3. The Balaban J connectivity index is 2.23. The van der Waals surface area contributed by atoms with Crippen LogP contribution in [0, 0.1) is 5.82 Å². The summed E-state index contributed by atoms with van der Waals surface area (Å²) in [5.74, 6) is -0.385. The summed E-state index contributed by atoms with van der Waals surface area (Å²) < 4.78 is 23.9. The first kappa shape index (κ1) is 13.4. The summed E-state index contributed by atoms with van der Waals surface area (Å²) in [6, 6.07) is 13.1. The molecule has 4 heteroatoms. The van der Waals surface area contributed by atoms with Crippen LogP contribution in [-0.4, -0.2) is 12.6 Å². The third-order valence-electron chi connectivity index (χ3n) is 3.18. The lowest BCUT2D eigenvalue weighted by Crippen LogP contribution is -2.05. The van der Waals surface area contributed by atoms with E-state index >= 15 is 0 Å². The van der Waals surface area contributed by atoms with Crippen LogP contribution in [0.15, 0.2) is 52.9 Å². The Morgan fingerprint density at radius 3 is 2.57 bits per heavy atom. The van der Waals surface area contributed by atoms with Crippen molar-refractivity contribution in [2.24, 2.45) is 0 Å². The second-order valence-electron chi connectivity index (χ2n) is 4.53. The number of benzene rings is 2. The molecular weight excluding hydrogens is 271 g/mol. The number of ether oxygens (including phenoxy) is 1. The molecule has 3 rings (SSSR count). The molecular formula is C17H13FO3. The predicted octanol–water partition coefficient (Wildman–Crippen LogP) is 4.42. The summed E-state index contributed by atoms with van der Waals surface area (Å²) in [5.41, 5.74) is 1.61. The van der Waals surface area contributed by atoms with Gasteiger partial charge in [-0.3, -0.25) is 0 Å². The summed E-state index contributed by atoms with van der Waals surface area (Å²) in [7, 11) is 0. The Bertz CT molecular complexity index is 787. The highest BCUT2D eigenvalue weighted by Gasteiger charge is 2.22. The van der Waals surface area contributed by atoms with Gasteiger partial charge in [0.2, 0.25) is 0 Å². The van der Waals surface area contributed by atoms with Gasteiger partial charge in [-0.15, -0.1) is 0 Å². The van der Waals surface area contributed by atoms with Crippen molar-refractivity contribution in [1.29, 1.82) is 0 Å². The average molecular weight is 284 g/mol. The Hall–Kier alpha value is -2.62. The molecule has 0 saturated heterocycles. The van der Waals surface area contributed by atoms with Crippen LogP contribution in [0.1, 0.15) is 17.3 Å². The molecule has 0 atom stereocenters. The molecule has 0 unspecified atom stereocenters. The van der Waals surface area contributed by atoms with Crippen LogP contribution in [0.3, 0.4) is 0 Å². The van der Waals surface area contributed by atoms with Gasteiger partial charge in [-0.05, 0) is 37.3 Å². The van der Waals surface area contributed by atoms with Gasteiger partial charge in [0.05, 0.1) is 6.61 Å². The molecule has 0 aliphatic carbocycles. The van der Waals surface area contributed by atoms with Gasteiger partial charge in [-0.2, -0.15) is 0 Å². The number of furan rings is 1. The second kappa shape index (κ2) is 5.40. The van der Waals surface area contributed by atoms with Crippen molar-refractivity contribution >= 4 is 16.9 Å². The molecule has 106 valence electrons. The standard InChI is InChI=1S/C17H13FO3/c1-2-20-17(19)15-13-5-3-4-6-14(13)21-16(15)11-7-9-12(18)10-8-11/h3-10H,2H2,1H3. The van der Waals surface area contributed by atoms with Crippen molar-refractivity contribution in [2.45, 2.75) is 6.92 Å². The van der Waals surface area contributed by atoms with Gasteiger partial charge >= 0.3 is 5.97 Å². The topological polar surface area (TPSA) is 39.4 Å². The first-order chi connectivity index (χ1) is 10.2. The molecule has 0 N–H and O–H groups in total. The molecule has 0 fully saturated rings. The van der Waals surface area contributed by atoms with Crippen LogP contribution in [-0.2, 0) is 4.74 Å². The zero-order valence-electron chi connectivity index (χ0n) is 11.4. The first-order valence-corrected chi connectivity index (χ1v) is 6.65. The van der Waals surface area contributed by atoms with Crippen molar-refractivity contribution in [2.75, 3.05) is 6.61 Å². The number of halogens is 1. The van der Waals surface area contributed by atoms with Gasteiger partial charge in [0.1, 0.15) is 22.7 Å². The Labute approximate surface area is 120 Å². The number of hydrogen-bond acceptors (Lipinski definition) is 3. The second-order valence-corrected chi connectivity index (χ2v) is 4.53. The molecule has 0 spiro atoms. The van der Waals surface area contributed by atoms with E-state index in [0.717, 1.165) is 0 Å². The van der Waals surface area contributed by atoms with E-state index in [-0.39, 0.29) is 12.4 Å². The monoisotopic (exact) mass is 284 g/mol. The van der Waals surface area contributed by atoms with Crippen molar-refractivity contribution in [1.82, 2.24) is 0 Å². The fraction of sp³-hybridized carbons (Fsp3) is 0.118. The highest BCUT2D eigenvalue weighted by atomic mass is 19.1. The molecule has 0 saturated carbocycles. The van der Waals surface area contributed by atoms with Gasteiger partial charge in [0, 0.05) is 10.9 Å². The minimum atomic E-state index is -0.443. The number of carbonyl (C=O) groups excluding carboxylic acids is 1. The lowest BCUT2D eigenvalue weighted by molar-refractivity contribution is 0.0529. The zero-order chi connectivity index (χ0) is 14.8. The highest BCUT2D eigenvalue weighted by Crippen LogP contribution is 2.34. The van der Waals surface area contributed by atoms with Crippen LogP contribution in [0.25, 0.3) is 22.3 Å². The number of carbonyl (C=O) groups is 1. The van der Waals surface area contributed by atoms with Crippen molar-refractivity contribution in [3.63, 3.8) is 0 Å². The number of hydrogen-bond donors (Lipinski definition) is 0. The maximum atomic E-state index is 13.1. The number of fused-ring (bicyclic) bond motifs is 1. The summed E-state index contributed by atoms with van der Waals surface area (Å²) in [5, 5.41) is 0.690. The molecule has 0 radical (unpaired) electrons. The average Bonchev–Trinajstić information content (AvgIpc) is 2.87. The predicted molar refractivity (Wildman–Crippen MR) is 77.6 cm³/mol. The number of para-hydroxylation sites is 1. The molecule has 1 heterocycles. The van der Waals surface area contributed by atoms with E-state index in [4.69, 9.17) is 9.15 Å². The smallest absolute Gasteiger partial charge is 0.342 e. The van der Waals surface area contributed by atoms with Gasteiger partial charge in [-0.25, -0.2) is 9.18 Å². The molecule has 1 aromatic heterocycles. The van der Waals surface area contributed by atoms with Crippen LogP contribution in [0.5, 0.6) is 0 Å². The highest BCUT2D eigenvalue weighted by molar-refractivity contribution is 6.08. The summed E-state index contributed by atoms with van der Waals surface area (Å²) in [6.07, 6.45) is 0. The lowest BCUT2D eigenvalue weighted by Gasteiger charge is -2.03. The fourth-order valence-electron chi connectivity index (χ4n) is 2.26. The Kier molecular flexibility index (Phi) is 3.44. The van der Waals surface area contributed by atoms with E-state index in [9.17, 15) is 9.18 Å². The third-order valence-corrected chi connectivity index (χ3v) is 3.18. The van der Waals surface area contributed by atoms with Crippen LogP contribution >= 0.6 is 0 Å². The first-order valence-electron chi connectivity index (χ1n) is 6.65. The van der Waals surface area contributed by atoms with Gasteiger partial charge in [0.15, 0.2) is 0 Å². The van der Waals surface area contributed by atoms with Crippen molar-refractivity contribution in [3.05, 3.63) is 59.9 Å². The number of esters is 1. The molecule has 0 bridgehead atoms. The largest absolute Gasteiger partial charge is 0.462 e. The zero-order valence-corrected chi connectivity index (χ0v) is 11.4. The molecule has 0 amide bonds. The quantitative estimate of drug-likeness (QED) is 0.668. The molecule has 21 heavy (non-hydrogen) atoms. The van der Waals surface area contributed by atoms with E-state index < -0.39 is 5.97 Å². The normalized spacial score (nSPS) is 10.8. The van der Waals surface area contributed by atoms with Crippen LogP contribution < -0.4 is 0 Å². The van der Waals surface area contributed by atoms with Crippen molar-refractivity contribution in [3.8, 4) is 11.3 Å². The SMILES string of the molecule is CCOC(=O)c1c(-c2ccc(F)cc2)oc2ccccc12. The summed E-state index contributed by atoms with van der Waals surface area (Å²) in [6.45, 7) is 2.03. The van der Waals surface area contributed by atoms with E-state index in [0.29, 0.717) is 27.9 Å². The minimum absolute atomic E-state index is 0.279. The van der Waals surface area contributed by atoms with Gasteiger partial charge < -0.3 is 9.15 Å². The molecule has 0 aliphatic rings. The van der Waals surface area contributed by atoms with Crippen LogP contribution in [0.4, 0.5) is 4.39 Å². The van der Waals surface area contributed by atoms with Crippen molar-refractivity contribution < 1.29 is 18.3 Å². The molecule has 0 aliphatic heterocycles. The van der Waals surface area contributed by atoms with E-state index in [1.807, 2.05) is 12.1 Å². The summed E-state index contributed by atoms with van der Waals surface area (Å²) >= 11 is 0. The minimum Gasteiger partial charge on any atom is -0.462 e. The Morgan fingerprint density at radius 2 is 1.86 bits per heavy atom. The molecule has 3 aromatic rings. The Morgan fingerprint density at radius 1 is 1.14 bits per heavy atom. The van der Waals surface area contributed by atoms with E-state index in [1.54, 1.807) is 31.2 Å². The summed E-state index contributed by atoms with van der Waals surface area (Å²) in [4.78, 5) is 12.2. The van der Waals surface area contributed by atoms with E-state index in [2.05, 4.69) is 0 Å². The maximum absolute atomic E-state index is 13.1. The molecule has 2 aromatic carbocycles. The molecule has 3 nitrogen and oxygen atoms in total. The fourth-order valence-corrected chi connectivity index (χ4v) is 2.26. The van der Waals surface area contributed by atoms with E-state index in [1.165, 1.54) is 12.1 Å². The third kappa shape index (κ3) is 2.40. The van der Waals surface area contributed by atoms with Gasteiger partial charge in [-0.1, -0.05) is 18.2 Å². The van der Waals surface area contributed by atoms with Crippen LogP contribution in [0.2, 0.25) is 0 Å². The lowest BCUT2D eigenvalue weighted by atomic mass is 10.1. The maximum Gasteiger partial charge on any atom is 0.342 e.